The summed E-state index contributed by atoms with van der Waals surface area (Å²) >= 11 is 0. The average molecular weight is 269 g/mol. The number of unbranched alkanes of at least 4 members (excludes halogenated alkanes) is 1. The number of methoxy groups -OCH3 is 1. The van der Waals surface area contributed by atoms with E-state index in [9.17, 15) is 9.59 Å². The molecule has 0 spiro atoms. The van der Waals surface area contributed by atoms with Crippen LogP contribution in [0, 0.1) is 11.8 Å². The largest absolute Gasteiger partial charge is 0.469 e. The molecule has 4 heteroatoms. The first kappa shape index (κ1) is 16.0. The molecule has 19 heavy (non-hydrogen) atoms. The molecule has 0 bridgehead atoms. The molecule has 4 nitrogen and oxygen atoms in total. The van der Waals surface area contributed by atoms with Gasteiger partial charge < -0.3 is 10.1 Å². The van der Waals surface area contributed by atoms with Crippen molar-refractivity contribution in [2.24, 2.45) is 11.8 Å². The summed E-state index contributed by atoms with van der Waals surface area (Å²) in [5.74, 6) is 0.802. The summed E-state index contributed by atoms with van der Waals surface area (Å²) in [6, 6.07) is 0. The van der Waals surface area contributed by atoms with Crippen molar-refractivity contribution in [3.05, 3.63) is 0 Å². The molecule has 1 aliphatic rings. The average Bonchev–Trinajstić information content (AvgIpc) is 2.45. The Morgan fingerprint density at radius 1 is 1.21 bits per heavy atom. The van der Waals surface area contributed by atoms with E-state index in [1.807, 2.05) is 0 Å². The Morgan fingerprint density at radius 2 is 1.89 bits per heavy atom. The molecule has 0 atom stereocenters. The van der Waals surface area contributed by atoms with E-state index in [1.165, 1.54) is 39.2 Å². The van der Waals surface area contributed by atoms with Gasteiger partial charge in [0.15, 0.2) is 0 Å². The van der Waals surface area contributed by atoms with Gasteiger partial charge in [-0.2, -0.15) is 0 Å². The molecule has 0 aromatic heterocycles. The van der Waals surface area contributed by atoms with Crippen LogP contribution in [0.5, 0.6) is 0 Å². The minimum atomic E-state index is -0.274. The van der Waals surface area contributed by atoms with Gasteiger partial charge in [0.1, 0.15) is 0 Å². The number of carbonyl (C=O) groups is 2. The van der Waals surface area contributed by atoms with Gasteiger partial charge >= 0.3 is 5.97 Å². The van der Waals surface area contributed by atoms with Crippen LogP contribution in [0.1, 0.15) is 58.3 Å². The van der Waals surface area contributed by atoms with Crippen LogP contribution in [-0.4, -0.2) is 25.5 Å². The molecule has 0 aromatic rings. The van der Waals surface area contributed by atoms with E-state index in [0.717, 1.165) is 18.8 Å². The van der Waals surface area contributed by atoms with Crippen LogP contribution in [0.4, 0.5) is 0 Å². The fraction of sp³-hybridized carbons (Fsp3) is 0.867. The Labute approximate surface area is 116 Å². The SMILES string of the molecule is CCCCC1CCC(C(=O)NCCC(=O)OC)CC1. The number of carbonyl (C=O) groups excluding carboxylic acids is 2. The van der Waals surface area contributed by atoms with Gasteiger partial charge in [0.05, 0.1) is 13.5 Å². The highest BCUT2D eigenvalue weighted by atomic mass is 16.5. The zero-order chi connectivity index (χ0) is 14.1. The Kier molecular flexibility index (Phi) is 7.53. The fourth-order valence-corrected chi connectivity index (χ4v) is 2.74. The summed E-state index contributed by atoms with van der Waals surface area (Å²) in [4.78, 5) is 22.9. The Balaban J connectivity index is 2.16. The second kappa shape index (κ2) is 8.94. The molecule has 0 aliphatic heterocycles. The zero-order valence-electron chi connectivity index (χ0n) is 12.2. The molecule has 1 rings (SSSR count). The summed E-state index contributed by atoms with van der Waals surface area (Å²) in [5.41, 5.74) is 0. The number of nitrogens with one attached hydrogen (secondary N) is 1. The molecule has 0 saturated heterocycles. The fourth-order valence-electron chi connectivity index (χ4n) is 2.74. The van der Waals surface area contributed by atoms with Crippen molar-refractivity contribution in [3.8, 4) is 0 Å². The minimum Gasteiger partial charge on any atom is -0.469 e. The van der Waals surface area contributed by atoms with Gasteiger partial charge in [-0.25, -0.2) is 0 Å². The van der Waals surface area contributed by atoms with Crippen LogP contribution in [0.3, 0.4) is 0 Å². The molecule has 0 unspecified atom stereocenters. The Morgan fingerprint density at radius 3 is 2.47 bits per heavy atom. The van der Waals surface area contributed by atoms with Crippen LogP contribution in [0.25, 0.3) is 0 Å². The van der Waals surface area contributed by atoms with E-state index >= 15 is 0 Å². The number of amides is 1. The van der Waals surface area contributed by atoms with E-state index in [4.69, 9.17) is 0 Å². The summed E-state index contributed by atoms with van der Waals surface area (Å²) in [6.45, 7) is 2.61. The standard InChI is InChI=1S/C15H27NO3/c1-3-4-5-12-6-8-13(9-7-12)15(18)16-11-10-14(17)19-2/h12-13H,3-11H2,1-2H3,(H,16,18). The highest BCUT2D eigenvalue weighted by molar-refractivity contribution is 5.79. The highest BCUT2D eigenvalue weighted by Gasteiger charge is 2.25. The van der Waals surface area contributed by atoms with Crippen molar-refractivity contribution in [1.29, 1.82) is 0 Å². The molecule has 1 aliphatic carbocycles. The van der Waals surface area contributed by atoms with Crippen molar-refractivity contribution in [3.63, 3.8) is 0 Å². The molecular weight excluding hydrogens is 242 g/mol. The van der Waals surface area contributed by atoms with Gasteiger partial charge in [-0.15, -0.1) is 0 Å². The number of esters is 1. The maximum atomic E-state index is 11.9. The molecular formula is C15H27NO3. The third-order valence-electron chi connectivity index (χ3n) is 4.04. The first-order valence-corrected chi connectivity index (χ1v) is 7.51. The Bertz CT molecular complexity index is 283. The number of hydrogen-bond donors (Lipinski definition) is 1. The summed E-state index contributed by atoms with van der Waals surface area (Å²) < 4.78 is 4.54. The van der Waals surface area contributed by atoms with E-state index in [0.29, 0.717) is 6.54 Å². The lowest BCUT2D eigenvalue weighted by Crippen LogP contribution is -2.34. The van der Waals surface area contributed by atoms with Crippen molar-refractivity contribution < 1.29 is 14.3 Å². The summed E-state index contributed by atoms with van der Waals surface area (Å²) in [6.07, 6.45) is 8.48. The lowest BCUT2D eigenvalue weighted by Gasteiger charge is -2.27. The molecule has 1 saturated carbocycles. The molecule has 0 aromatic carbocycles. The number of rotatable bonds is 7. The molecule has 1 amide bonds. The van der Waals surface area contributed by atoms with Gasteiger partial charge in [-0.05, 0) is 31.6 Å². The molecule has 1 N–H and O–H groups in total. The van der Waals surface area contributed by atoms with Crippen molar-refractivity contribution in [1.82, 2.24) is 5.32 Å². The first-order valence-electron chi connectivity index (χ1n) is 7.51. The van der Waals surface area contributed by atoms with E-state index < -0.39 is 0 Å². The van der Waals surface area contributed by atoms with Crippen LogP contribution >= 0.6 is 0 Å². The molecule has 110 valence electrons. The molecule has 1 fully saturated rings. The topological polar surface area (TPSA) is 55.4 Å². The van der Waals surface area contributed by atoms with Gasteiger partial charge in [0.2, 0.25) is 5.91 Å². The van der Waals surface area contributed by atoms with E-state index in [-0.39, 0.29) is 24.2 Å². The zero-order valence-corrected chi connectivity index (χ0v) is 12.2. The normalized spacial score (nSPS) is 22.8. The summed E-state index contributed by atoms with van der Waals surface area (Å²) in [5, 5.41) is 2.84. The molecule has 0 radical (unpaired) electrons. The van der Waals surface area contributed by atoms with Gasteiger partial charge in [-0.1, -0.05) is 26.2 Å². The second-order valence-corrected chi connectivity index (χ2v) is 5.48. The maximum absolute atomic E-state index is 11.9. The summed E-state index contributed by atoms with van der Waals surface area (Å²) in [7, 11) is 1.36. The van der Waals surface area contributed by atoms with Gasteiger partial charge in [0.25, 0.3) is 0 Å². The van der Waals surface area contributed by atoms with Crippen molar-refractivity contribution in [2.75, 3.05) is 13.7 Å². The van der Waals surface area contributed by atoms with Crippen LogP contribution in [0.15, 0.2) is 0 Å². The smallest absolute Gasteiger partial charge is 0.307 e. The second-order valence-electron chi connectivity index (χ2n) is 5.48. The van der Waals surface area contributed by atoms with E-state index in [2.05, 4.69) is 17.0 Å². The Hall–Kier alpha value is -1.06. The van der Waals surface area contributed by atoms with Gasteiger partial charge in [-0.3, -0.25) is 9.59 Å². The van der Waals surface area contributed by atoms with Crippen LogP contribution in [-0.2, 0) is 14.3 Å². The highest BCUT2D eigenvalue weighted by Crippen LogP contribution is 2.31. The third-order valence-corrected chi connectivity index (χ3v) is 4.04. The third kappa shape index (κ3) is 6.08. The minimum absolute atomic E-state index is 0.109. The van der Waals surface area contributed by atoms with Gasteiger partial charge in [0, 0.05) is 12.5 Å². The monoisotopic (exact) mass is 269 g/mol. The quantitative estimate of drug-likeness (QED) is 0.723. The predicted molar refractivity (Wildman–Crippen MR) is 74.6 cm³/mol. The number of hydrogen-bond acceptors (Lipinski definition) is 3. The lowest BCUT2D eigenvalue weighted by molar-refractivity contribution is -0.140. The van der Waals surface area contributed by atoms with Crippen molar-refractivity contribution >= 4 is 11.9 Å². The first-order chi connectivity index (χ1) is 9.17. The lowest BCUT2D eigenvalue weighted by atomic mass is 9.79. The maximum Gasteiger partial charge on any atom is 0.307 e. The predicted octanol–water partition coefficient (Wildman–Crippen LogP) is 2.66. The van der Waals surface area contributed by atoms with Crippen molar-refractivity contribution in [2.45, 2.75) is 58.3 Å². The van der Waals surface area contributed by atoms with E-state index in [1.54, 1.807) is 0 Å². The molecule has 0 heterocycles. The van der Waals surface area contributed by atoms with Crippen LogP contribution in [0.2, 0.25) is 0 Å². The van der Waals surface area contributed by atoms with Crippen LogP contribution < -0.4 is 5.32 Å². The number of ether oxygens (including phenoxy) is 1.